The van der Waals surface area contributed by atoms with Gasteiger partial charge in [0, 0.05) is 0 Å². The van der Waals surface area contributed by atoms with Crippen LogP contribution in [-0.2, 0) is 0 Å². The largest absolute Gasteiger partial charge is 0.478 e. The van der Waals surface area contributed by atoms with E-state index in [1.54, 1.807) is 0 Å². The van der Waals surface area contributed by atoms with Gasteiger partial charge < -0.3 is 19.7 Å². The molecular formula is C14H8O6. The van der Waals surface area contributed by atoms with Crippen LogP contribution in [0.15, 0.2) is 36.4 Å². The van der Waals surface area contributed by atoms with Crippen LogP contribution in [0.2, 0.25) is 0 Å². The zero-order valence-corrected chi connectivity index (χ0v) is 9.99. The van der Waals surface area contributed by atoms with Crippen molar-refractivity contribution in [1.82, 2.24) is 0 Å². The van der Waals surface area contributed by atoms with Gasteiger partial charge in [-0.1, -0.05) is 12.1 Å². The van der Waals surface area contributed by atoms with E-state index in [4.69, 9.17) is 19.7 Å². The molecule has 6 heteroatoms. The lowest BCUT2D eigenvalue weighted by Crippen LogP contribution is -2.08. The van der Waals surface area contributed by atoms with Crippen LogP contribution in [0, 0.1) is 0 Å². The molecule has 20 heavy (non-hydrogen) atoms. The Labute approximate surface area is 112 Å². The Hall–Kier alpha value is -3.02. The second-order valence-corrected chi connectivity index (χ2v) is 4.08. The van der Waals surface area contributed by atoms with E-state index < -0.39 is 11.9 Å². The van der Waals surface area contributed by atoms with Crippen molar-refractivity contribution < 1.29 is 29.3 Å². The molecule has 0 atom stereocenters. The van der Waals surface area contributed by atoms with E-state index in [-0.39, 0.29) is 34.1 Å². The molecule has 0 bridgehead atoms. The third-order valence-electron chi connectivity index (χ3n) is 2.84. The van der Waals surface area contributed by atoms with Gasteiger partial charge in [-0.2, -0.15) is 0 Å². The van der Waals surface area contributed by atoms with E-state index in [9.17, 15) is 9.59 Å². The zero-order chi connectivity index (χ0) is 14.3. The predicted molar refractivity (Wildman–Crippen MR) is 67.0 cm³/mol. The number of aromatic carboxylic acids is 2. The van der Waals surface area contributed by atoms with Crippen molar-refractivity contribution in [2.75, 3.05) is 0 Å². The molecule has 6 nitrogen and oxygen atoms in total. The van der Waals surface area contributed by atoms with E-state index in [0.717, 1.165) is 0 Å². The van der Waals surface area contributed by atoms with Crippen LogP contribution in [0.5, 0.6) is 23.0 Å². The maximum atomic E-state index is 11.1. The molecule has 0 aromatic heterocycles. The first-order chi connectivity index (χ1) is 9.58. The molecule has 0 radical (unpaired) electrons. The Morgan fingerprint density at radius 3 is 1.50 bits per heavy atom. The minimum Gasteiger partial charge on any atom is -0.478 e. The van der Waals surface area contributed by atoms with Gasteiger partial charge in [-0.3, -0.25) is 0 Å². The number of ether oxygens (including phenoxy) is 2. The van der Waals surface area contributed by atoms with Gasteiger partial charge in [0.15, 0.2) is 23.0 Å². The molecule has 0 saturated heterocycles. The van der Waals surface area contributed by atoms with Crippen molar-refractivity contribution in [3.05, 3.63) is 47.5 Å². The van der Waals surface area contributed by atoms with Gasteiger partial charge in [-0.25, -0.2) is 9.59 Å². The first-order valence-electron chi connectivity index (χ1n) is 5.66. The van der Waals surface area contributed by atoms with Crippen molar-refractivity contribution in [3.63, 3.8) is 0 Å². The number of carboxylic acid groups (broad SMARTS) is 2. The lowest BCUT2D eigenvalue weighted by Gasteiger charge is -2.22. The standard InChI is InChI=1S/C14H8O6/c15-13(16)7-3-1-5-9-11(7)20-10-6-2-4-8(14(17)18)12(10)19-9/h1-6H,(H,15,16)(H,17,18). The van der Waals surface area contributed by atoms with Gasteiger partial charge in [0.05, 0.1) is 0 Å². The number of rotatable bonds is 2. The summed E-state index contributed by atoms with van der Waals surface area (Å²) >= 11 is 0. The molecule has 0 aliphatic carbocycles. The van der Waals surface area contributed by atoms with Crippen LogP contribution in [-0.4, -0.2) is 22.2 Å². The topological polar surface area (TPSA) is 93.1 Å². The third-order valence-corrected chi connectivity index (χ3v) is 2.84. The Morgan fingerprint density at radius 1 is 0.750 bits per heavy atom. The summed E-state index contributed by atoms with van der Waals surface area (Å²) < 4.78 is 11.0. The van der Waals surface area contributed by atoms with Crippen molar-refractivity contribution in [1.29, 1.82) is 0 Å². The molecule has 2 aromatic carbocycles. The Bertz CT molecular complexity index is 671. The minimum absolute atomic E-state index is 0.0473. The van der Waals surface area contributed by atoms with Gasteiger partial charge in [0.25, 0.3) is 0 Å². The molecule has 100 valence electrons. The van der Waals surface area contributed by atoms with Crippen LogP contribution < -0.4 is 9.47 Å². The highest BCUT2D eigenvalue weighted by atomic mass is 16.6. The highest BCUT2D eigenvalue weighted by Gasteiger charge is 2.27. The first-order valence-corrected chi connectivity index (χ1v) is 5.66. The number of fused-ring (bicyclic) bond motifs is 2. The van der Waals surface area contributed by atoms with E-state index in [1.807, 2.05) is 0 Å². The lowest BCUT2D eigenvalue weighted by atomic mass is 10.1. The third kappa shape index (κ3) is 1.74. The van der Waals surface area contributed by atoms with Gasteiger partial charge in [0.2, 0.25) is 0 Å². The van der Waals surface area contributed by atoms with Crippen LogP contribution in [0.1, 0.15) is 20.7 Å². The van der Waals surface area contributed by atoms with Crippen molar-refractivity contribution >= 4 is 11.9 Å². The maximum absolute atomic E-state index is 11.1. The smallest absolute Gasteiger partial charge is 0.339 e. The fourth-order valence-electron chi connectivity index (χ4n) is 1.96. The molecule has 2 aromatic rings. The summed E-state index contributed by atoms with van der Waals surface area (Å²) in [5.41, 5.74) is -0.0947. The lowest BCUT2D eigenvalue weighted by molar-refractivity contribution is 0.0678. The van der Waals surface area contributed by atoms with Gasteiger partial charge >= 0.3 is 11.9 Å². The molecule has 2 N–H and O–H groups in total. The number of para-hydroxylation sites is 2. The molecule has 0 saturated carbocycles. The Kier molecular flexibility index (Phi) is 2.57. The quantitative estimate of drug-likeness (QED) is 0.744. The summed E-state index contributed by atoms with van der Waals surface area (Å²) in [6.45, 7) is 0. The average Bonchev–Trinajstić information content (AvgIpc) is 2.43. The van der Waals surface area contributed by atoms with E-state index in [0.29, 0.717) is 0 Å². The van der Waals surface area contributed by atoms with E-state index >= 15 is 0 Å². The number of benzene rings is 2. The second kappa shape index (κ2) is 4.27. The Morgan fingerprint density at radius 2 is 1.15 bits per heavy atom. The van der Waals surface area contributed by atoms with Crippen molar-refractivity contribution in [2.45, 2.75) is 0 Å². The van der Waals surface area contributed by atoms with Crippen LogP contribution >= 0.6 is 0 Å². The SMILES string of the molecule is O=C(O)c1cccc2c1Oc1cccc(C(=O)O)c1O2. The minimum atomic E-state index is -1.15. The molecule has 1 aliphatic heterocycles. The average molecular weight is 272 g/mol. The fourth-order valence-corrected chi connectivity index (χ4v) is 1.96. The molecule has 1 heterocycles. The van der Waals surface area contributed by atoms with Gasteiger partial charge in [-0.15, -0.1) is 0 Å². The van der Waals surface area contributed by atoms with Crippen molar-refractivity contribution in [2.24, 2.45) is 0 Å². The Balaban J connectivity index is 2.16. The second-order valence-electron chi connectivity index (χ2n) is 4.08. The van der Waals surface area contributed by atoms with Crippen LogP contribution in [0.3, 0.4) is 0 Å². The summed E-state index contributed by atoms with van der Waals surface area (Å²) in [6.07, 6.45) is 0. The number of hydrogen-bond acceptors (Lipinski definition) is 4. The highest BCUT2D eigenvalue weighted by molar-refractivity contribution is 5.94. The fraction of sp³-hybridized carbons (Fsp3) is 0. The summed E-state index contributed by atoms with van der Waals surface area (Å²) in [6, 6.07) is 8.81. The molecule has 3 rings (SSSR count). The predicted octanol–water partition coefficient (Wildman–Crippen LogP) is 2.98. The monoisotopic (exact) mass is 272 g/mol. The van der Waals surface area contributed by atoms with Crippen LogP contribution in [0.25, 0.3) is 0 Å². The summed E-state index contributed by atoms with van der Waals surface area (Å²) in [5, 5.41) is 18.2. The summed E-state index contributed by atoms with van der Waals surface area (Å²) in [7, 11) is 0. The van der Waals surface area contributed by atoms with E-state index in [2.05, 4.69) is 0 Å². The summed E-state index contributed by atoms with van der Waals surface area (Å²) in [4.78, 5) is 22.3. The molecular weight excluding hydrogens is 264 g/mol. The molecule has 1 aliphatic rings. The normalized spacial score (nSPS) is 11.6. The van der Waals surface area contributed by atoms with Crippen molar-refractivity contribution in [3.8, 4) is 23.0 Å². The number of carbonyl (C=O) groups is 2. The maximum Gasteiger partial charge on any atom is 0.339 e. The molecule has 0 fully saturated rings. The first kappa shape index (κ1) is 12.0. The number of hydrogen-bond donors (Lipinski definition) is 2. The number of carboxylic acids is 2. The molecule has 0 spiro atoms. The molecule has 0 amide bonds. The zero-order valence-electron chi connectivity index (χ0n) is 9.99. The summed E-state index contributed by atoms with van der Waals surface area (Å²) in [5.74, 6) is -1.83. The van der Waals surface area contributed by atoms with Gasteiger partial charge in [-0.05, 0) is 24.3 Å². The van der Waals surface area contributed by atoms with E-state index in [1.165, 1.54) is 36.4 Å². The highest BCUT2D eigenvalue weighted by Crippen LogP contribution is 2.48. The van der Waals surface area contributed by atoms with Gasteiger partial charge in [0.1, 0.15) is 11.1 Å². The molecule has 0 unspecified atom stereocenters. The van der Waals surface area contributed by atoms with Crippen LogP contribution in [0.4, 0.5) is 0 Å².